The number of aromatic nitrogens is 3. The summed E-state index contributed by atoms with van der Waals surface area (Å²) in [6.45, 7) is 4.56. The molecule has 6 nitrogen and oxygen atoms in total. The number of hydrogen-bond acceptors (Lipinski definition) is 4. The average Bonchev–Trinajstić information content (AvgIpc) is 3.20. The van der Waals surface area contributed by atoms with E-state index in [4.69, 9.17) is 4.74 Å². The Bertz CT molecular complexity index is 1110. The summed E-state index contributed by atoms with van der Waals surface area (Å²) in [6, 6.07) is 11.6. The van der Waals surface area contributed by atoms with E-state index in [0.29, 0.717) is 35.1 Å². The molecule has 0 bridgehead atoms. The number of phenols is 1. The maximum Gasteiger partial charge on any atom is 0.340 e. The first-order valence-electron chi connectivity index (χ1n) is 8.50. The fourth-order valence-corrected chi connectivity index (χ4v) is 3.46. The highest BCUT2D eigenvalue weighted by Gasteiger charge is 2.24. The summed E-state index contributed by atoms with van der Waals surface area (Å²) in [5, 5.41) is 11.0. The SMILES string of the molecule is CCOC(=O)c1c(C)n(Cc2ccccc2)c2c1cc(O)c1[nH]cnc12. The molecule has 2 aromatic carbocycles. The van der Waals surface area contributed by atoms with Crippen LogP contribution < -0.4 is 0 Å². The number of imidazole rings is 1. The fraction of sp³-hybridized carbons (Fsp3) is 0.200. The topological polar surface area (TPSA) is 80.1 Å². The van der Waals surface area contributed by atoms with Gasteiger partial charge in [0.1, 0.15) is 16.8 Å². The summed E-state index contributed by atoms with van der Waals surface area (Å²) in [5.74, 6) is -0.330. The Labute approximate surface area is 150 Å². The van der Waals surface area contributed by atoms with Crippen LogP contribution in [-0.4, -0.2) is 32.2 Å². The molecule has 0 saturated heterocycles. The third-order valence-corrected chi connectivity index (χ3v) is 4.62. The number of esters is 1. The van der Waals surface area contributed by atoms with Crippen molar-refractivity contribution in [2.45, 2.75) is 20.4 Å². The largest absolute Gasteiger partial charge is 0.506 e. The molecular formula is C20H19N3O3. The molecule has 26 heavy (non-hydrogen) atoms. The molecule has 0 aliphatic carbocycles. The number of nitrogens with zero attached hydrogens (tertiary/aromatic N) is 2. The standard InChI is InChI=1S/C20H19N3O3/c1-3-26-20(25)16-12(2)23(10-13-7-5-4-6-8-13)19-14(16)9-15(24)17-18(19)22-11-21-17/h4-9,11,24H,3,10H2,1-2H3,(H,21,22). The second-order valence-corrected chi connectivity index (χ2v) is 6.17. The van der Waals surface area contributed by atoms with Crippen LogP contribution in [0.15, 0.2) is 42.7 Å². The van der Waals surface area contributed by atoms with Crippen LogP contribution in [0, 0.1) is 6.92 Å². The molecule has 0 spiro atoms. The molecule has 6 heteroatoms. The molecule has 2 N–H and O–H groups in total. The van der Waals surface area contributed by atoms with E-state index in [1.807, 2.05) is 37.3 Å². The van der Waals surface area contributed by atoms with E-state index in [-0.39, 0.29) is 5.75 Å². The van der Waals surface area contributed by atoms with Gasteiger partial charge in [-0.15, -0.1) is 0 Å². The molecule has 4 rings (SSSR count). The second kappa shape index (κ2) is 6.22. The highest BCUT2D eigenvalue weighted by atomic mass is 16.5. The maximum absolute atomic E-state index is 12.6. The number of nitrogens with one attached hydrogen (secondary N) is 1. The lowest BCUT2D eigenvalue weighted by atomic mass is 10.1. The number of H-pyrrole nitrogens is 1. The van der Waals surface area contributed by atoms with Crippen LogP contribution in [0.25, 0.3) is 21.9 Å². The normalized spacial score (nSPS) is 11.3. The monoisotopic (exact) mass is 349 g/mol. The zero-order valence-electron chi connectivity index (χ0n) is 14.6. The van der Waals surface area contributed by atoms with E-state index in [0.717, 1.165) is 16.8 Å². The third kappa shape index (κ3) is 2.42. The van der Waals surface area contributed by atoms with Crippen molar-refractivity contribution in [3.05, 3.63) is 59.5 Å². The number of aromatic hydroxyl groups is 1. The minimum absolute atomic E-state index is 0.0624. The number of ether oxygens (including phenoxy) is 1. The van der Waals surface area contributed by atoms with Crippen molar-refractivity contribution in [1.82, 2.24) is 14.5 Å². The smallest absolute Gasteiger partial charge is 0.340 e. The zero-order chi connectivity index (χ0) is 18.3. The number of rotatable bonds is 4. The minimum atomic E-state index is -0.393. The van der Waals surface area contributed by atoms with Gasteiger partial charge in [0.05, 0.1) is 24.0 Å². The molecule has 0 amide bonds. The lowest BCUT2D eigenvalue weighted by molar-refractivity contribution is 0.0527. The second-order valence-electron chi connectivity index (χ2n) is 6.17. The Morgan fingerprint density at radius 1 is 1.31 bits per heavy atom. The van der Waals surface area contributed by atoms with Gasteiger partial charge in [-0.2, -0.15) is 0 Å². The van der Waals surface area contributed by atoms with Gasteiger partial charge >= 0.3 is 5.97 Å². The molecule has 0 fully saturated rings. The fourth-order valence-electron chi connectivity index (χ4n) is 3.46. The van der Waals surface area contributed by atoms with Gasteiger partial charge in [-0.05, 0) is 25.5 Å². The summed E-state index contributed by atoms with van der Waals surface area (Å²) in [7, 11) is 0. The van der Waals surface area contributed by atoms with Crippen LogP contribution in [0.1, 0.15) is 28.5 Å². The number of benzene rings is 2. The van der Waals surface area contributed by atoms with Crippen molar-refractivity contribution in [2.75, 3.05) is 6.61 Å². The Kier molecular flexibility index (Phi) is 3.88. The summed E-state index contributed by atoms with van der Waals surface area (Å²) < 4.78 is 7.31. The lowest BCUT2D eigenvalue weighted by Gasteiger charge is -2.09. The number of carbonyl (C=O) groups is 1. The Hall–Kier alpha value is -3.28. The van der Waals surface area contributed by atoms with Crippen LogP contribution in [0.2, 0.25) is 0 Å². The van der Waals surface area contributed by atoms with Gasteiger partial charge in [-0.25, -0.2) is 9.78 Å². The summed E-state index contributed by atoms with van der Waals surface area (Å²) in [6.07, 6.45) is 1.54. The number of carbonyl (C=O) groups excluding carboxylic acids is 1. The van der Waals surface area contributed by atoms with Crippen molar-refractivity contribution >= 4 is 27.9 Å². The van der Waals surface area contributed by atoms with E-state index in [1.54, 1.807) is 19.3 Å². The van der Waals surface area contributed by atoms with Crippen molar-refractivity contribution in [1.29, 1.82) is 0 Å². The van der Waals surface area contributed by atoms with Gasteiger partial charge in [-0.3, -0.25) is 0 Å². The van der Waals surface area contributed by atoms with Gasteiger partial charge in [0.15, 0.2) is 0 Å². The van der Waals surface area contributed by atoms with Crippen LogP contribution in [0.4, 0.5) is 0 Å². The summed E-state index contributed by atoms with van der Waals surface area (Å²) >= 11 is 0. The maximum atomic E-state index is 12.6. The zero-order valence-corrected chi connectivity index (χ0v) is 14.6. The van der Waals surface area contributed by atoms with E-state index < -0.39 is 5.97 Å². The highest BCUT2D eigenvalue weighted by molar-refractivity contribution is 6.14. The van der Waals surface area contributed by atoms with Crippen LogP contribution in [-0.2, 0) is 11.3 Å². The van der Waals surface area contributed by atoms with Crippen molar-refractivity contribution in [3.8, 4) is 5.75 Å². The molecule has 0 unspecified atom stereocenters. The van der Waals surface area contributed by atoms with Crippen molar-refractivity contribution < 1.29 is 14.6 Å². The summed E-state index contributed by atoms with van der Waals surface area (Å²) in [4.78, 5) is 19.9. The molecule has 2 aromatic heterocycles. The molecule has 4 aromatic rings. The van der Waals surface area contributed by atoms with Gasteiger partial charge in [-0.1, -0.05) is 30.3 Å². The van der Waals surface area contributed by atoms with E-state index in [1.165, 1.54) is 0 Å². The van der Waals surface area contributed by atoms with Gasteiger partial charge in [0.25, 0.3) is 0 Å². The Morgan fingerprint density at radius 2 is 2.08 bits per heavy atom. The molecule has 0 radical (unpaired) electrons. The van der Waals surface area contributed by atoms with Crippen LogP contribution in [0.3, 0.4) is 0 Å². The summed E-state index contributed by atoms with van der Waals surface area (Å²) in [5.41, 5.74) is 4.37. The van der Waals surface area contributed by atoms with Crippen molar-refractivity contribution in [2.24, 2.45) is 0 Å². The van der Waals surface area contributed by atoms with E-state index >= 15 is 0 Å². The Morgan fingerprint density at radius 3 is 2.81 bits per heavy atom. The number of phenolic OH excluding ortho intramolecular Hbond substituents is 1. The molecule has 132 valence electrons. The van der Waals surface area contributed by atoms with E-state index in [2.05, 4.69) is 14.5 Å². The first-order chi connectivity index (χ1) is 12.6. The highest BCUT2D eigenvalue weighted by Crippen LogP contribution is 2.36. The van der Waals surface area contributed by atoms with Crippen LogP contribution >= 0.6 is 0 Å². The first-order valence-corrected chi connectivity index (χ1v) is 8.50. The van der Waals surface area contributed by atoms with E-state index in [9.17, 15) is 9.90 Å². The number of hydrogen-bond donors (Lipinski definition) is 2. The third-order valence-electron chi connectivity index (χ3n) is 4.62. The predicted octanol–water partition coefficient (Wildman–Crippen LogP) is 3.76. The molecule has 0 atom stereocenters. The molecule has 0 aliphatic rings. The van der Waals surface area contributed by atoms with Gasteiger partial charge in [0.2, 0.25) is 0 Å². The quantitative estimate of drug-likeness (QED) is 0.550. The average molecular weight is 349 g/mol. The molecular weight excluding hydrogens is 330 g/mol. The number of aromatic amines is 1. The first kappa shape index (κ1) is 16.2. The van der Waals surface area contributed by atoms with Gasteiger partial charge < -0.3 is 19.4 Å². The van der Waals surface area contributed by atoms with Crippen molar-refractivity contribution in [3.63, 3.8) is 0 Å². The van der Waals surface area contributed by atoms with Gasteiger partial charge in [0, 0.05) is 17.6 Å². The lowest BCUT2D eigenvalue weighted by Crippen LogP contribution is -2.08. The molecule has 0 aliphatic heterocycles. The number of fused-ring (bicyclic) bond motifs is 3. The minimum Gasteiger partial charge on any atom is -0.506 e. The molecule has 0 saturated carbocycles. The molecule has 2 heterocycles. The predicted molar refractivity (Wildman–Crippen MR) is 99.5 cm³/mol. The van der Waals surface area contributed by atoms with Crippen LogP contribution in [0.5, 0.6) is 5.75 Å². The Balaban J connectivity index is 2.04.